The van der Waals surface area contributed by atoms with E-state index in [9.17, 15) is 0 Å². The Labute approximate surface area is 97.0 Å². The summed E-state index contributed by atoms with van der Waals surface area (Å²) in [5.41, 5.74) is 0. The maximum Gasteiger partial charge on any atom is 0.0666 e. The molecule has 0 radical (unpaired) electrons. The third-order valence-electron chi connectivity index (χ3n) is 2.65. The summed E-state index contributed by atoms with van der Waals surface area (Å²) in [6.07, 6.45) is 3.98. The van der Waals surface area contributed by atoms with Crippen LogP contribution in [0.3, 0.4) is 0 Å². The smallest absolute Gasteiger partial charge is 0.0666 e. The van der Waals surface area contributed by atoms with Gasteiger partial charge in [-0.15, -0.1) is 0 Å². The molecule has 0 aromatic heterocycles. The Bertz CT molecular complexity index is 152. The number of hydrogen-bond acceptors (Lipinski definition) is 4. The summed E-state index contributed by atoms with van der Waals surface area (Å²) in [4.78, 5) is 0. The minimum absolute atomic E-state index is 0.244. The van der Waals surface area contributed by atoms with Crippen LogP contribution in [0, 0.1) is 0 Å². The van der Waals surface area contributed by atoms with Crippen LogP contribution in [-0.2, 0) is 4.74 Å². The highest BCUT2D eigenvalue weighted by Gasteiger charge is 2.15. The molecule has 0 bridgehead atoms. The number of rotatable bonds is 8. The minimum atomic E-state index is 0.244. The fourth-order valence-corrected chi connectivity index (χ4v) is 2.91. The fraction of sp³-hybridized carbons (Fsp3) is 1.00. The zero-order valence-corrected chi connectivity index (χ0v) is 10.4. The first-order chi connectivity index (χ1) is 7.36. The Balaban J connectivity index is 1.94. The highest BCUT2D eigenvalue weighted by atomic mass is 32.2. The van der Waals surface area contributed by atoms with Crippen molar-refractivity contribution in [3.05, 3.63) is 0 Å². The van der Waals surface area contributed by atoms with Gasteiger partial charge in [0.15, 0.2) is 0 Å². The van der Waals surface area contributed by atoms with E-state index < -0.39 is 0 Å². The topological polar surface area (TPSA) is 41.5 Å². The predicted molar refractivity (Wildman–Crippen MR) is 65.5 cm³/mol. The lowest BCUT2D eigenvalue weighted by molar-refractivity contribution is 0.129. The van der Waals surface area contributed by atoms with E-state index in [1.54, 1.807) is 0 Å². The number of aliphatic hydroxyl groups is 1. The molecule has 0 aromatic carbocycles. The number of ether oxygens (including phenoxy) is 1. The van der Waals surface area contributed by atoms with Crippen LogP contribution in [0.25, 0.3) is 0 Å². The SMILES string of the molecule is CCNC(CO)CCSCC1CCCO1. The first-order valence-electron chi connectivity index (χ1n) is 5.90. The molecule has 1 aliphatic rings. The minimum Gasteiger partial charge on any atom is -0.395 e. The largest absolute Gasteiger partial charge is 0.395 e. The normalized spacial score (nSPS) is 23.2. The number of likely N-dealkylation sites (N-methyl/N-ethyl adjacent to an activating group) is 1. The van der Waals surface area contributed by atoms with Crippen LogP contribution in [0.2, 0.25) is 0 Å². The molecular formula is C11H23NO2S. The zero-order valence-electron chi connectivity index (χ0n) is 9.58. The van der Waals surface area contributed by atoms with Gasteiger partial charge in [-0.25, -0.2) is 0 Å². The molecule has 2 N–H and O–H groups in total. The van der Waals surface area contributed by atoms with Gasteiger partial charge in [0.2, 0.25) is 0 Å². The molecule has 1 aliphatic heterocycles. The van der Waals surface area contributed by atoms with E-state index in [0.29, 0.717) is 6.10 Å². The average Bonchev–Trinajstić information content (AvgIpc) is 2.75. The van der Waals surface area contributed by atoms with Gasteiger partial charge in [0, 0.05) is 18.4 Å². The molecule has 1 fully saturated rings. The lowest BCUT2D eigenvalue weighted by atomic mass is 10.2. The molecular weight excluding hydrogens is 210 g/mol. The highest BCUT2D eigenvalue weighted by molar-refractivity contribution is 7.99. The Morgan fingerprint density at radius 2 is 2.47 bits per heavy atom. The van der Waals surface area contributed by atoms with Gasteiger partial charge in [-0.2, -0.15) is 11.8 Å². The van der Waals surface area contributed by atoms with Gasteiger partial charge in [0.1, 0.15) is 0 Å². The van der Waals surface area contributed by atoms with Crippen LogP contribution in [0.5, 0.6) is 0 Å². The molecule has 15 heavy (non-hydrogen) atoms. The molecule has 0 amide bonds. The maximum atomic E-state index is 9.07. The third kappa shape index (κ3) is 5.76. The van der Waals surface area contributed by atoms with Gasteiger partial charge in [-0.05, 0) is 31.6 Å². The molecule has 1 rings (SSSR count). The molecule has 0 saturated carbocycles. The first kappa shape index (κ1) is 13.3. The van der Waals surface area contributed by atoms with Crippen molar-refractivity contribution >= 4 is 11.8 Å². The van der Waals surface area contributed by atoms with Crippen molar-refractivity contribution in [2.24, 2.45) is 0 Å². The van der Waals surface area contributed by atoms with Crippen molar-refractivity contribution in [2.45, 2.75) is 38.3 Å². The van der Waals surface area contributed by atoms with Crippen molar-refractivity contribution < 1.29 is 9.84 Å². The van der Waals surface area contributed by atoms with Crippen molar-refractivity contribution in [3.63, 3.8) is 0 Å². The average molecular weight is 233 g/mol. The fourth-order valence-electron chi connectivity index (χ4n) is 1.76. The summed E-state index contributed by atoms with van der Waals surface area (Å²) in [5, 5.41) is 12.3. The summed E-state index contributed by atoms with van der Waals surface area (Å²) >= 11 is 1.94. The van der Waals surface area contributed by atoms with Crippen molar-refractivity contribution in [2.75, 3.05) is 31.3 Å². The van der Waals surface area contributed by atoms with Crippen LogP contribution >= 0.6 is 11.8 Å². The molecule has 0 spiro atoms. The van der Waals surface area contributed by atoms with E-state index in [2.05, 4.69) is 12.2 Å². The van der Waals surface area contributed by atoms with Crippen LogP contribution in [0.15, 0.2) is 0 Å². The van der Waals surface area contributed by atoms with Crippen molar-refractivity contribution in [1.82, 2.24) is 5.32 Å². The van der Waals surface area contributed by atoms with Gasteiger partial charge >= 0.3 is 0 Å². The second-order valence-corrected chi connectivity index (χ2v) is 5.09. The Morgan fingerprint density at radius 1 is 1.60 bits per heavy atom. The molecule has 3 nitrogen and oxygen atoms in total. The van der Waals surface area contributed by atoms with Crippen molar-refractivity contribution in [1.29, 1.82) is 0 Å². The molecule has 4 heteroatoms. The Kier molecular flexibility index (Phi) is 7.44. The van der Waals surface area contributed by atoms with E-state index in [-0.39, 0.29) is 12.6 Å². The van der Waals surface area contributed by atoms with Gasteiger partial charge < -0.3 is 15.2 Å². The van der Waals surface area contributed by atoms with E-state index in [1.165, 1.54) is 12.8 Å². The Hall–Kier alpha value is 0.230. The van der Waals surface area contributed by atoms with Gasteiger partial charge in [-0.1, -0.05) is 6.92 Å². The summed E-state index contributed by atoms with van der Waals surface area (Å²) < 4.78 is 5.55. The van der Waals surface area contributed by atoms with Gasteiger partial charge in [-0.3, -0.25) is 0 Å². The summed E-state index contributed by atoms with van der Waals surface area (Å²) in [6.45, 7) is 4.19. The lowest BCUT2D eigenvalue weighted by Gasteiger charge is -2.15. The van der Waals surface area contributed by atoms with Gasteiger partial charge in [0.25, 0.3) is 0 Å². The summed E-state index contributed by atoms with van der Waals surface area (Å²) in [7, 11) is 0. The van der Waals surface area contributed by atoms with Gasteiger partial charge in [0.05, 0.1) is 12.7 Å². The number of hydrogen-bond donors (Lipinski definition) is 2. The summed E-state index contributed by atoms with van der Waals surface area (Å²) in [5.74, 6) is 2.22. The monoisotopic (exact) mass is 233 g/mol. The number of nitrogens with one attached hydrogen (secondary N) is 1. The molecule has 1 heterocycles. The molecule has 0 aromatic rings. The Morgan fingerprint density at radius 3 is 3.07 bits per heavy atom. The van der Waals surface area contributed by atoms with Crippen LogP contribution in [0.1, 0.15) is 26.2 Å². The maximum absolute atomic E-state index is 9.07. The third-order valence-corrected chi connectivity index (χ3v) is 3.78. The first-order valence-corrected chi connectivity index (χ1v) is 7.05. The van der Waals surface area contributed by atoms with E-state index >= 15 is 0 Å². The molecule has 1 saturated heterocycles. The summed E-state index contributed by atoms with van der Waals surface area (Å²) in [6, 6.07) is 0.270. The predicted octanol–water partition coefficient (Wildman–Crippen LogP) is 1.26. The molecule has 2 atom stereocenters. The van der Waals surface area contributed by atoms with E-state index in [4.69, 9.17) is 9.84 Å². The molecule has 90 valence electrons. The molecule has 0 aliphatic carbocycles. The quantitative estimate of drug-likeness (QED) is 0.619. The number of thioether (sulfide) groups is 1. The highest BCUT2D eigenvalue weighted by Crippen LogP contribution is 2.17. The van der Waals surface area contributed by atoms with Crippen LogP contribution in [-0.4, -0.2) is 48.5 Å². The van der Waals surface area contributed by atoms with E-state index in [1.807, 2.05) is 11.8 Å². The van der Waals surface area contributed by atoms with Crippen LogP contribution < -0.4 is 5.32 Å². The van der Waals surface area contributed by atoms with Crippen LogP contribution in [0.4, 0.5) is 0 Å². The standard InChI is InChI=1S/C11H23NO2S/c1-2-12-10(8-13)5-7-15-9-11-4-3-6-14-11/h10-13H,2-9H2,1H3. The zero-order chi connectivity index (χ0) is 10.9. The second-order valence-electron chi connectivity index (χ2n) is 3.94. The van der Waals surface area contributed by atoms with E-state index in [0.717, 1.165) is 31.1 Å². The number of aliphatic hydroxyl groups excluding tert-OH is 1. The van der Waals surface area contributed by atoms with Crippen molar-refractivity contribution in [3.8, 4) is 0 Å². The molecule has 2 unspecified atom stereocenters. The second kappa shape index (κ2) is 8.39. The lowest BCUT2D eigenvalue weighted by Crippen LogP contribution is -2.32.